The molecule has 3 nitrogen and oxygen atoms in total. The molecule has 0 unspecified atom stereocenters. The van der Waals surface area contributed by atoms with Crippen molar-refractivity contribution in [1.82, 2.24) is 4.90 Å². The minimum atomic E-state index is 0.173. The Kier molecular flexibility index (Phi) is 2.54. The second kappa shape index (κ2) is 4.06. The Balaban J connectivity index is 1.96. The highest BCUT2D eigenvalue weighted by molar-refractivity contribution is 5.97. The van der Waals surface area contributed by atoms with Gasteiger partial charge >= 0.3 is 0 Å². The Morgan fingerprint density at radius 2 is 1.88 bits per heavy atom. The highest BCUT2D eigenvalue weighted by Crippen LogP contribution is 2.26. The van der Waals surface area contributed by atoms with Crippen molar-refractivity contribution in [2.45, 2.75) is 19.3 Å². The van der Waals surface area contributed by atoms with Crippen LogP contribution in [0.1, 0.15) is 28.8 Å². The molecule has 3 rings (SSSR count). The lowest BCUT2D eigenvalue weighted by atomic mass is 9.98. The molecule has 2 heterocycles. The lowest BCUT2D eigenvalue weighted by Gasteiger charge is -2.26. The molecule has 0 bridgehead atoms. The van der Waals surface area contributed by atoms with Crippen molar-refractivity contribution in [3.63, 3.8) is 0 Å². The van der Waals surface area contributed by atoms with E-state index in [9.17, 15) is 4.79 Å². The van der Waals surface area contributed by atoms with Crippen LogP contribution in [0.15, 0.2) is 18.2 Å². The molecule has 1 amide bonds. The van der Waals surface area contributed by atoms with Crippen molar-refractivity contribution in [3.05, 3.63) is 29.3 Å². The lowest BCUT2D eigenvalue weighted by molar-refractivity contribution is 0.0781. The van der Waals surface area contributed by atoms with Crippen LogP contribution in [0.5, 0.6) is 0 Å². The van der Waals surface area contributed by atoms with Crippen LogP contribution in [0, 0.1) is 0 Å². The number of anilines is 1. The van der Waals surface area contributed by atoms with Gasteiger partial charge in [0, 0.05) is 37.9 Å². The Morgan fingerprint density at radius 1 is 1.12 bits per heavy atom. The predicted octanol–water partition coefficient (Wildman–Crippen LogP) is 1.91. The van der Waals surface area contributed by atoms with Crippen LogP contribution in [0.25, 0.3) is 0 Å². The molecule has 17 heavy (non-hydrogen) atoms. The lowest BCUT2D eigenvalue weighted by Crippen LogP contribution is -2.34. The summed E-state index contributed by atoms with van der Waals surface area (Å²) in [5, 5.41) is 0. The Hall–Kier alpha value is -1.51. The van der Waals surface area contributed by atoms with E-state index in [2.05, 4.69) is 23.1 Å². The van der Waals surface area contributed by atoms with Crippen molar-refractivity contribution in [2.24, 2.45) is 0 Å². The largest absolute Gasteiger partial charge is 0.372 e. The normalized spacial score (nSPS) is 19.7. The first-order valence-corrected chi connectivity index (χ1v) is 6.39. The topological polar surface area (TPSA) is 23.6 Å². The van der Waals surface area contributed by atoms with Crippen molar-refractivity contribution < 1.29 is 4.79 Å². The number of hydrogen-bond donors (Lipinski definition) is 0. The zero-order valence-electron chi connectivity index (χ0n) is 10.3. The van der Waals surface area contributed by atoms with Crippen LogP contribution < -0.4 is 4.90 Å². The predicted molar refractivity (Wildman–Crippen MR) is 68.6 cm³/mol. The molecule has 2 aliphatic rings. The summed E-state index contributed by atoms with van der Waals surface area (Å²) in [6, 6.07) is 6.38. The molecule has 0 N–H and O–H groups in total. The van der Waals surface area contributed by atoms with Gasteiger partial charge in [0.05, 0.1) is 0 Å². The molecule has 1 fully saturated rings. The van der Waals surface area contributed by atoms with E-state index >= 15 is 0 Å². The van der Waals surface area contributed by atoms with Crippen molar-refractivity contribution in [2.75, 3.05) is 31.6 Å². The van der Waals surface area contributed by atoms with Crippen molar-refractivity contribution in [3.8, 4) is 0 Å². The van der Waals surface area contributed by atoms with Gasteiger partial charge in [-0.05, 0) is 37.0 Å². The highest BCUT2D eigenvalue weighted by Gasteiger charge is 2.23. The fourth-order valence-electron chi connectivity index (χ4n) is 2.75. The average molecular weight is 230 g/mol. The molecule has 0 spiro atoms. The molecule has 1 aromatic rings. The smallest absolute Gasteiger partial charge is 0.253 e. The van der Waals surface area contributed by atoms with Gasteiger partial charge in [-0.1, -0.05) is 6.07 Å². The van der Waals surface area contributed by atoms with E-state index in [1.165, 1.54) is 24.1 Å². The standard InChI is InChI=1S/C14H18N2O/c1-15-9-6-11-4-5-12(10-13(11)14(15)17)16-7-2-3-8-16/h4-5,10H,2-3,6-9H2,1H3. The van der Waals surface area contributed by atoms with Gasteiger partial charge in [0.15, 0.2) is 0 Å². The summed E-state index contributed by atoms with van der Waals surface area (Å²) in [5.74, 6) is 0.173. The Bertz CT molecular complexity index is 450. The summed E-state index contributed by atoms with van der Waals surface area (Å²) in [7, 11) is 1.88. The first-order valence-electron chi connectivity index (χ1n) is 6.39. The number of hydrogen-bond acceptors (Lipinski definition) is 2. The number of benzene rings is 1. The monoisotopic (exact) mass is 230 g/mol. The number of carbonyl (C=O) groups is 1. The fourth-order valence-corrected chi connectivity index (χ4v) is 2.75. The van der Waals surface area contributed by atoms with Crippen molar-refractivity contribution in [1.29, 1.82) is 0 Å². The number of carbonyl (C=O) groups excluding carboxylic acids is 1. The Labute approximate surface area is 102 Å². The number of likely N-dealkylation sites (N-methyl/N-ethyl adjacent to an activating group) is 1. The van der Waals surface area contributed by atoms with E-state index < -0.39 is 0 Å². The summed E-state index contributed by atoms with van der Waals surface area (Å²) >= 11 is 0. The van der Waals surface area contributed by atoms with E-state index in [-0.39, 0.29) is 5.91 Å². The third-order valence-corrected chi connectivity index (χ3v) is 3.86. The van der Waals surface area contributed by atoms with E-state index in [1.54, 1.807) is 0 Å². The molecule has 3 heteroatoms. The van der Waals surface area contributed by atoms with Gasteiger partial charge in [0.2, 0.25) is 0 Å². The summed E-state index contributed by atoms with van der Waals surface area (Å²) < 4.78 is 0. The summed E-state index contributed by atoms with van der Waals surface area (Å²) in [4.78, 5) is 16.3. The fraction of sp³-hybridized carbons (Fsp3) is 0.500. The molecular weight excluding hydrogens is 212 g/mol. The third kappa shape index (κ3) is 1.79. The maximum atomic E-state index is 12.1. The molecule has 0 atom stereocenters. The maximum Gasteiger partial charge on any atom is 0.253 e. The molecule has 2 aliphatic heterocycles. The molecule has 0 aliphatic carbocycles. The van der Waals surface area contributed by atoms with E-state index in [0.717, 1.165) is 31.6 Å². The molecule has 0 radical (unpaired) electrons. The van der Waals surface area contributed by atoms with Crippen LogP contribution in [0.4, 0.5) is 5.69 Å². The molecule has 90 valence electrons. The van der Waals surface area contributed by atoms with Gasteiger partial charge in [-0.15, -0.1) is 0 Å². The number of nitrogens with zero attached hydrogens (tertiary/aromatic N) is 2. The van der Waals surface area contributed by atoms with Gasteiger partial charge in [-0.25, -0.2) is 0 Å². The molecular formula is C14H18N2O. The first-order chi connectivity index (χ1) is 8.25. The Morgan fingerprint density at radius 3 is 2.65 bits per heavy atom. The van der Waals surface area contributed by atoms with Gasteiger partial charge < -0.3 is 9.80 Å². The molecule has 1 aromatic carbocycles. The highest BCUT2D eigenvalue weighted by atomic mass is 16.2. The SMILES string of the molecule is CN1CCc2ccc(N3CCCC3)cc2C1=O. The van der Waals surface area contributed by atoms with Crippen LogP contribution in [0.2, 0.25) is 0 Å². The number of rotatable bonds is 1. The minimum Gasteiger partial charge on any atom is -0.372 e. The van der Waals surface area contributed by atoms with Crippen molar-refractivity contribution >= 4 is 11.6 Å². The van der Waals surface area contributed by atoms with Gasteiger partial charge in [0.25, 0.3) is 5.91 Å². The summed E-state index contributed by atoms with van der Waals surface area (Å²) in [6.07, 6.45) is 3.52. The van der Waals surface area contributed by atoms with E-state index in [0.29, 0.717) is 0 Å². The van der Waals surface area contributed by atoms with Gasteiger partial charge in [-0.3, -0.25) is 4.79 Å². The number of fused-ring (bicyclic) bond motifs is 1. The zero-order chi connectivity index (χ0) is 11.8. The van der Waals surface area contributed by atoms with Crippen LogP contribution >= 0.6 is 0 Å². The second-order valence-electron chi connectivity index (χ2n) is 5.01. The summed E-state index contributed by atoms with van der Waals surface area (Å²) in [5.41, 5.74) is 3.32. The van der Waals surface area contributed by atoms with Crippen LogP contribution in [-0.2, 0) is 6.42 Å². The molecule has 1 saturated heterocycles. The maximum absolute atomic E-state index is 12.1. The second-order valence-corrected chi connectivity index (χ2v) is 5.01. The third-order valence-electron chi connectivity index (χ3n) is 3.86. The zero-order valence-corrected chi connectivity index (χ0v) is 10.3. The average Bonchev–Trinajstić information content (AvgIpc) is 2.87. The quantitative estimate of drug-likeness (QED) is 0.736. The van der Waals surface area contributed by atoms with Crippen LogP contribution in [0.3, 0.4) is 0 Å². The molecule has 0 aromatic heterocycles. The van der Waals surface area contributed by atoms with E-state index in [1.807, 2.05) is 11.9 Å². The van der Waals surface area contributed by atoms with Gasteiger partial charge in [-0.2, -0.15) is 0 Å². The molecule has 0 saturated carbocycles. The van der Waals surface area contributed by atoms with E-state index in [4.69, 9.17) is 0 Å². The first kappa shape index (κ1) is 10.6. The van der Waals surface area contributed by atoms with Gasteiger partial charge in [0.1, 0.15) is 0 Å². The number of amides is 1. The minimum absolute atomic E-state index is 0.173. The summed E-state index contributed by atoms with van der Waals surface area (Å²) in [6.45, 7) is 3.10. The van der Waals surface area contributed by atoms with Crippen LogP contribution in [-0.4, -0.2) is 37.5 Å².